The molecule has 1 saturated heterocycles. The van der Waals surface area contributed by atoms with Gasteiger partial charge in [-0.3, -0.25) is 0 Å². The molecule has 0 aliphatic carbocycles. The number of rotatable bonds is 2. The van der Waals surface area contributed by atoms with E-state index in [0.717, 1.165) is 19.4 Å². The first-order chi connectivity index (χ1) is 8.34. The van der Waals surface area contributed by atoms with Crippen molar-refractivity contribution < 1.29 is 9.52 Å². The number of hydrogen-bond donors (Lipinski definition) is 2. The van der Waals surface area contributed by atoms with Crippen LogP contribution in [0.5, 0.6) is 5.75 Å². The van der Waals surface area contributed by atoms with Crippen molar-refractivity contribution in [1.82, 2.24) is 10.3 Å². The number of aromatic hydroxyl groups is 1. The molecule has 1 atom stereocenters. The number of nitrogens with one attached hydrogen (secondary N) is 1. The highest BCUT2D eigenvalue weighted by Crippen LogP contribution is 2.31. The van der Waals surface area contributed by atoms with Gasteiger partial charge < -0.3 is 14.8 Å². The number of para-hydroxylation sites is 1. The van der Waals surface area contributed by atoms with Crippen LogP contribution in [0.15, 0.2) is 34.9 Å². The lowest BCUT2D eigenvalue weighted by Crippen LogP contribution is -2.12. The third-order valence-corrected chi connectivity index (χ3v) is 3.05. The standard InChI is InChI=1S/C13H14N2O2/c16-11-6-2-1-4-9(11)12-8-15-13(17-12)10-5-3-7-14-10/h1-2,4,6,8,10,14,16H,3,5,7H2. The second-order valence-electron chi connectivity index (χ2n) is 4.23. The van der Waals surface area contributed by atoms with Crippen LogP contribution < -0.4 is 5.32 Å². The van der Waals surface area contributed by atoms with Crippen molar-refractivity contribution in [3.8, 4) is 17.1 Å². The molecule has 0 bridgehead atoms. The third-order valence-electron chi connectivity index (χ3n) is 3.05. The van der Waals surface area contributed by atoms with Crippen LogP contribution in [-0.2, 0) is 0 Å². The van der Waals surface area contributed by atoms with Crippen molar-refractivity contribution in [3.05, 3.63) is 36.4 Å². The van der Waals surface area contributed by atoms with Gasteiger partial charge >= 0.3 is 0 Å². The van der Waals surface area contributed by atoms with E-state index in [1.807, 2.05) is 12.1 Å². The molecule has 1 fully saturated rings. The SMILES string of the molecule is Oc1ccccc1-c1cnc(C2CCCN2)o1. The summed E-state index contributed by atoms with van der Waals surface area (Å²) in [5.74, 6) is 1.54. The first kappa shape index (κ1) is 10.4. The lowest BCUT2D eigenvalue weighted by Gasteiger charge is -2.04. The summed E-state index contributed by atoms with van der Waals surface area (Å²) in [6.45, 7) is 1.01. The highest BCUT2D eigenvalue weighted by atomic mass is 16.4. The van der Waals surface area contributed by atoms with Crippen LogP contribution in [0.3, 0.4) is 0 Å². The van der Waals surface area contributed by atoms with E-state index in [4.69, 9.17) is 4.42 Å². The average molecular weight is 230 g/mol. The van der Waals surface area contributed by atoms with E-state index >= 15 is 0 Å². The van der Waals surface area contributed by atoms with Crippen LogP contribution in [0.1, 0.15) is 24.8 Å². The van der Waals surface area contributed by atoms with E-state index in [0.29, 0.717) is 17.2 Å². The van der Waals surface area contributed by atoms with Gasteiger partial charge in [-0.1, -0.05) is 12.1 Å². The Morgan fingerprint density at radius 3 is 3.00 bits per heavy atom. The molecule has 1 unspecified atom stereocenters. The maximum Gasteiger partial charge on any atom is 0.212 e. The molecule has 17 heavy (non-hydrogen) atoms. The fourth-order valence-corrected chi connectivity index (χ4v) is 2.15. The first-order valence-electron chi connectivity index (χ1n) is 5.82. The van der Waals surface area contributed by atoms with Crippen LogP contribution in [0.2, 0.25) is 0 Å². The van der Waals surface area contributed by atoms with Crippen LogP contribution in [0.4, 0.5) is 0 Å². The molecule has 0 saturated carbocycles. The van der Waals surface area contributed by atoms with Gasteiger partial charge in [-0.05, 0) is 31.5 Å². The van der Waals surface area contributed by atoms with Gasteiger partial charge in [0.05, 0.1) is 17.8 Å². The highest BCUT2D eigenvalue weighted by molar-refractivity contribution is 5.64. The first-order valence-corrected chi connectivity index (χ1v) is 5.82. The predicted molar refractivity (Wildman–Crippen MR) is 63.6 cm³/mol. The molecule has 1 aliphatic heterocycles. The fourth-order valence-electron chi connectivity index (χ4n) is 2.15. The molecule has 2 N–H and O–H groups in total. The molecule has 0 amide bonds. The van der Waals surface area contributed by atoms with Crippen LogP contribution >= 0.6 is 0 Å². The van der Waals surface area contributed by atoms with E-state index in [2.05, 4.69) is 10.3 Å². The van der Waals surface area contributed by atoms with E-state index in [9.17, 15) is 5.11 Å². The number of hydrogen-bond acceptors (Lipinski definition) is 4. The molecular formula is C13H14N2O2. The van der Waals surface area contributed by atoms with Gasteiger partial charge in [-0.25, -0.2) is 4.98 Å². The number of nitrogens with zero attached hydrogens (tertiary/aromatic N) is 1. The normalized spacial score (nSPS) is 19.6. The Morgan fingerprint density at radius 1 is 1.35 bits per heavy atom. The number of benzene rings is 1. The van der Waals surface area contributed by atoms with Crippen LogP contribution in [0, 0.1) is 0 Å². The highest BCUT2D eigenvalue weighted by Gasteiger charge is 2.21. The quantitative estimate of drug-likeness (QED) is 0.832. The zero-order chi connectivity index (χ0) is 11.7. The molecule has 1 aromatic heterocycles. The van der Waals surface area contributed by atoms with Crippen molar-refractivity contribution in [1.29, 1.82) is 0 Å². The van der Waals surface area contributed by atoms with Gasteiger partial charge in [0.1, 0.15) is 5.75 Å². The monoisotopic (exact) mass is 230 g/mol. The van der Waals surface area contributed by atoms with Gasteiger partial charge in [0.2, 0.25) is 5.89 Å². The Morgan fingerprint density at radius 2 is 2.24 bits per heavy atom. The second kappa shape index (κ2) is 4.22. The minimum Gasteiger partial charge on any atom is -0.507 e. The molecule has 1 aliphatic rings. The maximum absolute atomic E-state index is 9.74. The average Bonchev–Trinajstić information content (AvgIpc) is 3.00. The predicted octanol–water partition coefficient (Wildman–Crippen LogP) is 2.47. The van der Waals surface area contributed by atoms with E-state index < -0.39 is 0 Å². The Kier molecular flexibility index (Phi) is 2.57. The van der Waals surface area contributed by atoms with Crippen LogP contribution in [-0.4, -0.2) is 16.6 Å². The Hall–Kier alpha value is -1.81. The largest absolute Gasteiger partial charge is 0.507 e. The number of aromatic nitrogens is 1. The number of phenolic OH excluding ortho intramolecular Hbond substituents is 1. The summed E-state index contributed by atoms with van der Waals surface area (Å²) in [7, 11) is 0. The molecule has 4 heteroatoms. The molecule has 0 radical (unpaired) electrons. The van der Waals surface area contributed by atoms with Crippen molar-refractivity contribution in [3.63, 3.8) is 0 Å². The summed E-state index contributed by atoms with van der Waals surface area (Å²) in [6.07, 6.45) is 3.88. The van der Waals surface area contributed by atoms with E-state index in [1.54, 1.807) is 18.3 Å². The molecule has 3 rings (SSSR count). The molecule has 1 aromatic carbocycles. The summed E-state index contributed by atoms with van der Waals surface area (Å²) in [6, 6.07) is 7.34. The molecule has 2 heterocycles. The topological polar surface area (TPSA) is 58.3 Å². The van der Waals surface area contributed by atoms with Crippen molar-refractivity contribution in [2.75, 3.05) is 6.54 Å². The summed E-state index contributed by atoms with van der Waals surface area (Å²) in [5, 5.41) is 13.1. The van der Waals surface area contributed by atoms with Gasteiger partial charge in [-0.2, -0.15) is 0 Å². The summed E-state index contributed by atoms with van der Waals surface area (Å²) in [5.41, 5.74) is 0.684. The number of phenols is 1. The summed E-state index contributed by atoms with van der Waals surface area (Å²) >= 11 is 0. The zero-order valence-corrected chi connectivity index (χ0v) is 9.39. The van der Waals surface area contributed by atoms with Crippen molar-refractivity contribution in [2.45, 2.75) is 18.9 Å². The lowest BCUT2D eigenvalue weighted by atomic mass is 10.2. The lowest BCUT2D eigenvalue weighted by molar-refractivity contribution is 0.433. The van der Waals surface area contributed by atoms with E-state index in [-0.39, 0.29) is 11.8 Å². The molecular weight excluding hydrogens is 216 g/mol. The van der Waals surface area contributed by atoms with Crippen molar-refractivity contribution >= 4 is 0 Å². The van der Waals surface area contributed by atoms with Crippen molar-refractivity contribution in [2.24, 2.45) is 0 Å². The van der Waals surface area contributed by atoms with Crippen LogP contribution in [0.25, 0.3) is 11.3 Å². The zero-order valence-electron chi connectivity index (χ0n) is 9.39. The van der Waals surface area contributed by atoms with Gasteiger partial charge in [0.15, 0.2) is 5.76 Å². The molecule has 2 aromatic rings. The third kappa shape index (κ3) is 1.91. The van der Waals surface area contributed by atoms with Gasteiger partial charge in [-0.15, -0.1) is 0 Å². The maximum atomic E-state index is 9.74. The second-order valence-corrected chi connectivity index (χ2v) is 4.23. The minimum atomic E-state index is 0.217. The Bertz CT molecular complexity index is 516. The summed E-state index contributed by atoms with van der Waals surface area (Å²) < 4.78 is 5.70. The Balaban J connectivity index is 1.92. The minimum absolute atomic E-state index is 0.217. The molecule has 4 nitrogen and oxygen atoms in total. The number of oxazole rings is 1. The molecule has 0 spiro atoms. The Labute approximate surface area is 99.3 Å². The van der Waals surface area contributed by atoms with Gasteiger partial charge in [0, 0.05) is 0 Å². The smallest absolute Gasteiger partial charge is 0.212 e. The van der Waals surface area contributed by atoms with E-state index in [1.165, 1.54) is 0 Å². The van der Waals surface area contributed by atoms with Gasteiger partial charge in [0.25, 0.3) is 0 Å². The summed E-state index contributed by atoms with van der Waals surface area (Å²) in [4.78, 5) is 4.28. The fraction of sp³-hybridized carbons (Fsp3) is 0.308. The molecule has 88 valence electrons.